The zero-order chi connectivity index (χ0) is 20.2. The van der Waals surface area contributed by atoms with E-state index in [1.807, 2.05) is 25.2 Å². The maximum Gasteiger partial charge on any atom is 0.216 e. The highest BCUT2D eigenvalue weighted by atomic mass is 32.2. The van der Waals surface area contributed by atoms with E-state index in [0.29, 0.717) is 6.54 Å². The molecule has 3 rings (SSSR count). The van der Waals surface area contributed by atoms with E-state index in [9.17, 15) is 4.79 Å². The lowest BCUT2D eigenvalue weighted by Crippen LogP contribution is -2.22. The summed E-state index contributed by atoms with van der Waals surface area (Å²) in [4.78, 5) is 9.98. The number of nitrogens with one attached hydrogen (secondary N) is 3. The first-order valence-electron chi connectivity index (χ1n) is 9.96. The van der Waals surface area contributed by atoms with Crippen LogP contribution < -0.4 is 20.1 Å². The summed E-state index contributed by atoms with van der Waals surface area (Å²) in [6.07, 6.45) is 6.61. The third kappa shape index (κ3) is 9.03. The summed E-state index contributed by atoms with van der Waals surface area (Å²) in [5.41, 5.74) is 2.05. The van der Waals surface area contributed by atoms with Gasteiger partial charge in [-0.2, -0.15) is 0 Å². The number of carbonyl (C=O) groups is 1. The second-order valence-electron chi connectivity index (χ2n) is 7.19. The minimum Gasteiger partial charge on any atom is -0.493 e. The van der Waals surface area contributed by atoms with Crippen molar-refractivity contribution in [3.8, 4) is 5.75 Å². The zero-order valence-electron chi connectivity index (χ0n) is 16.8. The van der Waals surface area contributed by atoms with E-state index in [1.165, 1.54) is 51.3 Å². The Balaban J connectivity index is 0.000000345. The Morgan fingerprint density at radius 3 is 2.46 bits per heavy atom. The summed E-state index contributed by atoms with van der Waals surface area (Å²) in [6.45, 7) is 3.47. The third-order valence-corrected chi connectivity index (χ3v) is 5.22. The van der Waals surface area contributed by atoms with Crippen molar-refractivity contribution >= 4 is 29.5 Å². The van der Waals surface area contributed by atoms with Crippen LogP contribution >= 0.6 is 12.2 Å². The third-order valence-electron chi connectivity index (χ3n) is 4.67. The first-order valence-corrected chi connectivity index (χ1v) is 10.7. The molecule has 158 valence electrons. The summed E-state index contributed by atoms with van der Waals surface area (Å²) in [5, 5.41) is 13.7. The van der Waals surface area contributed by atoms with Crippen LogP contribution in [0.15, 0.2) is 18.2 Å². The highest BCUT2D eigenvalue weighted by Gasteiger charge is 2.21. The molecule has 8 heteroatoms. The van der Waals surface area contributed by atoms with Crippen molar-refractivity contribution in [3.63, 3.8) is 0 Å². The van der Waals surface area contributed by atoms with E-state index in [2.05, 4.69) is 15.4 Å². The van der Waals surface area contributed by atoms with Gasteiger partial charge in [0.05, 0.1) is 31.2 Å². The van der Waals surface area contributed by atoms with Crippen molar-refractivity contribution in [2.24, 2.45) is 11.8 Å². The van der Waals surface area contributed by atoms with Crippen molar-refractivity contribution in [1.82, 2.24) is 5.32 Å². The van der Waals surface area contributed by atoms with Gasteiger partial charge in [-0.25, -0.2) is 0 Å². The normalized spacial score (nSPS) is 15.7. The van der Waals surface area contributed by atoms with Crippen LogP contribution in [0.1, 0.15) is 39.0 Å². The molecule has 4 N–H and O–H groups in total. The highest BCUT2D eigenvalue weighted by Crippen LogP contribution is 2.33. The van der Waals surface area contributed by atoms with Crippen molar-refractivity contribution in [2.45, 2.75) is 39.0 Å². The molecule has 0 spiro atoms. The lowest BCUT2D eigenvalue weighted by atomic mass is 9.86. The Bertz CT molecular complexity index is 595. The molecule has 7 nitrogen and oxygen atoms in total. The van der Waals surface area contributed by atoms with Crippen LogP contribution in [0.25, 0.3) is 0 Å². The van der Waals surface area contributed by atoms with E-state index < -0.39 is 0 Å². The van der Waals surface area contributed by atoms with Gasteiger partial charge in [0.15, 0.2) is 0 Å². The van der Waals surface area contributed by atoms with Gasteiger partial charge in [0.2, 0.25) is 5.91 Å². The van der Waals surface area contributed by atoms with Crippen molar-refractivity contribution < 1.29 is 18.8 Å². The molecule has 1 amide bonds. The number of aliphatic hydroxyl groups is 1. The van der Waals surface area contributed by atoms with Crippen molar-refractivity contribution in [3.05, 3.63) is 18.2 Å². The molecule has 0 heterocycles. The molecule has 1 aromatic rings. The van der Waals surface area contributed by atoms with Gasteiger partial charge in [-0.1, -0.05) is 6.42 Å². The van der Waals surface area contributed by atoms with Gasteiger partial charge in [-0.15, -0.1) is 0 Å². The molecule has 2 aliphatic carbocycles. The topological polar surface area (TPSA) is 91.9 Å². The molecule has 0 aliphatic heterocycles. The average Bonchev–Trinajstić information content (AvgIpc) is 3.47. The number of amides is 1. The van der Waals surface area contributed by atoms with E-state index in [4.69, 9.17) is 14.0 Å². The van der Waals surface area contributed by atoms with Gasteiger partial charge in [0, 0.05) is 26.6 Å². The Hall–Kier alpha value is -1.64. The minimum absolute atomic E-state index is 0.0135. The summed E-state index contributed by atoms with van der Waals surface area (Å²) < 4.78 is 14.6. The second kappa shape index (κ2) is 12.7. The lowest BCUT2D eigenvalue weighted by molar-refractivity contribution is -0.119. The van der Waals surface area contributed by atoms with Crippen molar-refractivity contribution in [2.75, 3.05) is 43.5 Å². The summed E-state index contributed by atoms with van der Waals surface area (Å²) in [5.74, 6) is 2.37. The largest absolute Gasteiger partial charge is 0.493 e. The van der Waals surface area contributed by atoms with Gasteiger partial charge in [-0.3, -0.25) is 8.98 Å². The summed E-state index contributed by atoms with van der Waals surface area (Å²) in [6, 6.07) is 6.10. The Morgan fingerprint density at radius 2 is 1.93 bits per heavy atom. The van der Waals surface area contributed by atoms with Crippen LogP contribution in [0.3, 0.4) is 0 Å². The highest BCUT2D eigenvalue weighted by molar-refractivity contribution is 7.96. The van der Waals surface area contributed by atoms with Crippen LogP contribution in [0.4, 0.5) is 11.4 Å². The number of aliphatic hydroxyl groups excluding tert-OH is 1. The van der Waals surface area contributed by atoms with E-state index in [1.54, 1.807) is 0 Å². The average molecular weight is 412 g/mol. The number of anilines is 2. The van der Waals surface area contributed by atoms with E-state index in [0.717, 1.165) is 42.2 Å². The maximum absolute atomic E-state index is 9.98. The number of ether oxygens (including phenoxy) is 1. The molecule has 1 aromatic carbocycles. The first kappa shape index (κ1) is 22.6. The molecular weight excluding hydrogens is 378 g/mol. The fourth-order valence-electron chi connectivity index (χ4n) is 2.50. The number of hydrogen-bond donors (Lipinski definition) is 4. The van der Waals surface area contributed by atoms with Crippen molar-refractivity contribution in [1.29, 1.82) is 0 Å². The Labute approximate surface area is 172 Å². The van der Waals surface area contributed by atoms with Gasteiger partial charge < -0.3 is 25.2 Å². The standard InChI is InChI=1S/C16H24N2O2S.C4H9NO2/c1-17-16-9-14(19-10-12-3-2-4-12)7-8-15(16)18-21-20-11-13-5-6-13;1-4(7)5-2-3-6/h7-9,12-13,17-18H,2-6,10-11H2,1H3;6H,2-3H2,1H3,(H,5,7). The molecule has 0 bridgehead atoms. The molecule has 28 heavy (non-hydrogen) atoms. The lowest BCUT2D eigenvalue weighted by Gasteiger charge is -2.25. The van der Waals surface area contributed by atoms with Crippen LogP contribution in [0.2, 0.25) is 0 Å². The van der Waals surface area contributed by atoms with Crippen LogP contribution in [-0.4, -0.2) is 44.4 Å². The predicted molar refractivity (Wildman–Crippen MR) is 114 cm³/mol. The Kier molecular flexibility index (Phi) is 10.3. The number of hydrogen-bond acceptors (Lipinski definition) is 7. The number of benzene rings is 1. The maximum atomic E-state index is 9.98. The van der Waals surface area contributed by atoms with Crippen LogP contribution in [0.5, 0.6) is 5.75 Å². The van der Waals surface area contributed by atoms with Crippen LogP contribution in [-0.2, 0) is 8.98 Å². The van der Waals surface area contributed by atoms with E-state index >= 15 is 0 Å². The van der Waals surface area contributed by atoms with Gasteiger partial charge in [-0.05, 0) is 49.7 Å². The van der Waals surface area contributed by atoms with Crippen LogP contribution in [0, 0.1) is 11.8 Å². The number of rotatable bonds is 11. The zero-order valence-corrected chi connectivity index (χ0v) is 17.6. The molecule has 2 saturated carbocycles. The first-order chi connectivity index (χ1) is 13.6. The summed E-state index contributed by atoms with van der Waals surface area (Å²) >= 11 is 1.31. The van der Waals surface area contributed by atoms with E-state index in [-0.39, 0.29) is 12.5 Å². The SMILES string of the molecule is CC(=O)NCCO.CNc1cc(OCC2CCC2)ccc1NSOCC1CC1. The minimum atomic E-state index is -0.103. The second-order valence-corrected chi connectivity index (χ2v) is 7.79. The smallest absolute Gasteiger partial charge is 0.216 e. The molecule has 0 atom stereocenters. The molecule has 0 radical (unpaired) electrons. The number of carbonyl (C=O) groups excluding carboxylic acids is 1. The monoisotopic (exact) mass is 411 g/mol. The Morgan fingerprint density at radius 1 is 1.18 bits per heavy atom. The molecule has 0 saturated heterocycles. The molecule has 2 aliphatic rings. The van der Waals surface area contributed by atoms with Gasteiger partial charge in [0.25, 0.3) is 0 Å². The molecule has 0 unspecified atom stereocenters. The molecular formula is C20H33N3O4S. The quantitative estimate of drug-likeness (QED) is 0.252. The molecule has 2 fully saturated rings. The summed E-state index contributed by atoms with van der Waals surface area (Å²) in [7, 11) is 1.92. The predicted octanol–water partition coefficient (Wildman–Crippen LogP) is 3.42. The fraction of sp³-hybridized carbons (Fsp3) is 0.650. The fourth-order valence-corrected chi connectivity index (χ4v) is 3.09. The van der Waals surface area contributed by atoms with Gasteiger partial charge in [0.1, 0.15) is 18.0 Å². The van der Waals surface area contributed by atoms with Gasteiger partial charge >= 0.3 is 0 Å². The molecule has 0 aromatic heterocycles.